The van der Waals surface area contributed by atoms with Gasteiger partial charge in [-0.25, -0.2) is 4.98 Å². The third-order valence-corrected chi connectivity index (χ3v) is 4.79. The number of hydrogen-bond donors (Lipinski definition) is 0. The molecule has 2 aromatic carbocycles. The normalized spacial score (nSPS) is 18.0. The molecule has 5 heteroatoms. The molecule has 1 aliphatic rings. The van der Waals surface area contributed by atoms with Crippen molar-refractivity contribution in [3.8, 4) is 0 Å². The predicted molar refractivity (Wildman–Crippen MR) is 89.4 cm³/mol. The van der Waals surface area contributed by atoms with E-state index < -0.39 is 0 Å². The first kappa shape index (κ1) is 13.2. The molecule has 1 amide bonds. The number of thiazole rings is 1. The van der Waals surface area contributed by atoms with Crippen molar-refractivity contribution < 1.29 is 4.79 Å². The van der Waals surface area contributed by atoms with E-state index in [1.54, 1.807) is 11.3 Å². The Labute approximate surface area is 131 Å². The van der Waals surface area contributed by atoms with Crippen LogP contribution in [-0.4, -0.2) is 16.6 Å². The van der Waals surface area contributed by atoms with Crippen LogP contribution in [0.3, 0.4) is 0 Å². The molecule has 4 rings (SSSR count). The lowest BCUT2D eigenvalue weighted by Gasteiger charge is -2.12. The van der Waals surface area contributed by atoms with Gasteiger partial charge in [-0.05, 0) is 31.2 Å². The summed E-state index contributed by atoms with van der Waals surface area (Å²) in [5.74, 6) is -0.416. The Morgan fingerprint density at radius 3 is 2.55 bits per heavy atom. The van der Waals surface area contributed by atoms with Gasteiger partial charge in [-0.15, -0.1) is 11.3 Å². The summed E-state index contributed by atoms with van der Waals surface area (Å²) in [4.78, 5) is 17.4. The molecule has 0 unspecified atom stereocenters. The van der Waals surface area contributed by atoms with Crippen molar-refractivity contribution in [1.29, 1.82) is 0 Å². The summed E-state index contributed by atoms with van der Waals surface area (Å²) in [6, 6.07) is 17.4. The lowest BCUT2D eigenvalue weighted by molar-refractivity contribution is -0.118. The maximum atomic E-state index is 12.8. The fourth-order valence-electron chi connectivity index (χ4n) is 2.62. The van der Waals surface area contributed by atoms with E-state index in [1.165, 1.54) is 5.01 Å². The Hall–Kier alpha value is -2.53. The number of aromatic nitrogens is 1. The molecule has 0 saturated carbocycles. The number of benzene rings is 2. The van der Waals surface area contributed by atoms with Gasteiger partial charge in [0.25, 0.3) is 5.91 Å². The molecule has 0 bridgehead atoms. The molecule has 0 N–H and O–H groups in total. The fourth-order valence-corrected chi connectivity index (χ4v) is 3.74. The van der Waals surface area contributed by atoms with E-state index >= 15 is 0 Å². The largest absolute Gasteiger partial charge is 0.271 e. The monoisotopic (exact) mass is 307 g/mol. The van der Waals surface area contributed by atoms with Gasteiger partial charge >= 0.3 is 0 Å². The van der Waals surface area contributed by atoms with E-state index in [0.29, 0.717) is 0 Å². The maximum Gasteiger partial charge on any atom is 0.263 e. The van der Waals surface area contributed by atoms with E-state index in [-0.39, 0.29) is 11.8 Å². The molecule has 0 fully saturated rings. The first-order valence-electron chi connectivity index (χ1n) is 7.03. The highest BCUT2D eigenvalue weighted by Crippen LogP contribution is 2.34. The van der Waals surface area contributed by atoms with Crippen LogP contribution in [0.5, 0.6) is 0 Å². The Kier molecular flexibility index (Phi) is 3.01. The van der Waals surface area contributed by atoms with Crippen LogP contribution < -0.4 is 5.01 Å². The molecule has 1 aromatic heterocycles. The van der Waals surface area contributed by atoms with Crippen molar-refractivity contribution in [1.82, 2.24) is 4.98 Å². The summed E-state index contributed by atoms with van der Waals surface area (Å²) in [5.41, 5.74) is 2.50. The predicted octanol–water partition coefficient (Wildman–Crippen LogP) is 3.80. The fraction of sp³-hybridized carbons (Fsp3) is 0.118. The van der Waals surface area contributed by atoms with Crippen molar-refractivity contribution >= 4 is 38.9 Å². The Bertz CT molecular complexity index is 852. The van der Waals surface area contributed by atoms with Gasteiger partial charge < -0.3 is 0 Å². The number of carbonyl (C=O) groups excluding carboxylic acids is 1. The second-order valence-corrected chi connectivity index (χ2v) is 6.24. The van der Waals surface area contributed by atoms with E-state index in [9.17, 15) is 4.79 Å². The van der Waals surface area contributed by atoms with Gasteiger partial charge in [0.2, 0.25) is 0 Å². The summed E-state index contributed by atoms with van der Waals surface area (Å²) >= 11 is 1.56. The van der Waals surface area contributed by atoms with Crippen molar-refractivity contribution in [3.63, 3.8) is 0 Å². The second-order valence-electron chi connectivity index (χ2n) is 5.18. The average molecular weight is 307 g/mol. The van der Waals surface area contributed by atoms with Crippen LogP contribution in [0, 0.1) is 0 Å². The van der Waals surface area contributed by atoms with Crippen LogP contribution in [0.1, 0.15) is 17.8 Å². The van der Waals surface area contributed by atoms with E-state index in [0.717, 1.165) is 26.6 Å². The van der Waals surface area contributed by atoms with Gasteiger partial charge in [-0.1, -0.05) is 30.3 Å². The highest BCUT2D eigenvalue weighted by Gasteiger charge is 2.37. The number of para-hydroxylation sites is 2. The maximum absolute atomic E-state index is 12.8. The van der Waals surface area contributed by atoms with E-state index in [2.05, 4.69) is 10.1 Å². The molecule has 0 aliphatic carbocycles. The molecule has 108 valence electrons. The number of rotatable bonds is 2. The molecule has 1 aliphatic heterocycles. The summed E-state index contributed by atoms with van der Waals surface area (Å²) < 4.78 is 1.09. The highest BCUT2D eigenvalue weighted by atomic mass is 32.1. The molecular weight excluding hydrogens is 294 g/mol. The van der Waals surface area contributed by atoms with Gasteiger partial charge in [-0.3, -0.25) is 4.79 Å². The zero-order chi connectivity index (χ0) is 15.1. The van der Waals surface area contributed by atoms with E-state index in [4.69, 9.17) is 0 Å². The lowest BCUT2D eigenvalue weighted by atomic mass is 10.1. The van der Waals surface area contributed by atoms with Crippen LogP contribution >= 0.6 is 11.3 Å². The van der Waals surface area contributed by atoms with Crippen molar-refractivity contribution in [3.05, 3.63) is 59.6 Å². The number of amides is 1. The summed E-state index contributed by atoms with van der Waals surface area (Å²) in [5, 5.41) is 6.72. The Balaban J connectivity index is 1.74. The number of hydrogen-bond acceptors (Lipinski definition) is 4. The smallest absolute Gasteiger partial charge is 0.263 e. The molecule has 1 atom stereocenters. The van der Waals surface area contributed by atoms with Crippen molar-refractivity contribution in [2.24, 2.45) is 5.10 Å². The van der Waals surface area contributed by atoms with Gasteiger partial charge in [0, 0.05) is 0 Å². The minimum absolute atomic E-state index is 0.0391. The van der Waals surface area contributed by atoms with Crippen molar-refractivity contribution in [2.45, 2.75) is 12.8 Å². The van der Waals surface area contributed by atoms with Gasteiger partial charge in [0.05, 0.1) is 21.6 Å². The molecule has 4 nitrogen and oxygen atoms in total. The number of hydrazone groups is 1. The Morgan fingerprint density at radius 1 is 1.05 bits per heavy atom. The topological polar surface area (TPSA) is 45.6 Å². The number of fused-ring (bicyclic) bond motifs is 1. The van der Waals surface area contributed by atoms with E-state index in [1.807, 2.05) is 61.5 Å². The SMILES string of the molecule is CC1=NN(c2ccccc2)C(=O)[C@@H]1c1nc2ccccc2s1. The molecule has 2 heterocycles. The first-order chi connectivity index (χ1) is 10.7. The third-order valence-electron chi connectivity index (χ3n) is 3.69. The van der Waals surface area contributed by atoms with Crippen LogP contribution in [0.15, 0.2) is 59.7 Å². The second kappa shape index (κ2) is 5.03. The van der Waals surface area contributed by atoms with Crippen LogP contribution in [-0.2, 0) is 4.79 Å². The average Bonchev–Trinajstić information content (AvgIpc) is 3.08. The number of anilines is 1. The minimum Gasteiger partial charge on any atom is -0.271 e. The van der Waals surface area contributed by atoms with Crippen molar-refractivity contribution in [2.75, 3.05) is 5.01 Å². The molecule has 3 aromatic rings. The summed E-state index contributed by atoms with van der Waals surface area (Å²) in [6.45, 7) is 1.89. The molecule has 0 spiro atoms. The quantitative estimate of drug-likeness (QED) is 0.723. The molecule has 0 radical (unpaired) electrons. The van der Waals surface area contributed by atoms with Gasteiger partial charge in [0.15, 0.2) is 0 Å². The first-order valence-corrected chi connectivity index (χ1v) is 7.85. The van der Waals surface area contributed by atoms with Crippen LogP contribution in [0.2, 0.25) is 0 Å². The third kappa shape index (κ3) is 2.02. The molecular formula is C17H13N3OS. The molecule has 22 heavy (non-hydrogen) atoms. The minimum atomic E-state index is -0.377. The lowest BCUT2D eigenvalue weighted by Crippen LogP contribution is -2.25. The van der Waals surface area contributed by atoms with Gasteiger partial charge in [-0.2, -0.15) is 10.1 Å². The van der Waals surface area contributed by atoms with Gasteiger partial charge in [0.1, 0.15) is 10.9 Å². The zero-order valence-electron chi connectivity index (χ0n) is 11.9. The number of carbonyl (C=O) groups is 1. The summed E-state index contributed by atoms with van der Waals surface area (Å²) in [6.07, 6.45) is 0. The standard InChI is InChI=1S/C17H13N3OS/c1-11-15(16-18-13-9-5-6-10-14(13)22-16)17(21)20(19-11)12-7-3-2-4-8-12/h2-10,15H,1H3/t15-/m0/s1. The highest BCUT2D eigenvalue weighted by molar-refractivity contribution is 7.18. The zero-order valence-corrected chi connectivity index (χ0v) is 12.7. The van der Waals surface area contributed by atoms with Crippen LogP contribution in [0.4, 0.5) is 5.69 Å². The molecule has 0 saturated heterocycles. The van der Waals surface area contributed by atoms with Crippen LogP contribution in [0.25, 0.3) is 10.2 Å². The number of nitrogens with zero attached hydrogens (tertiary/aromatic N) is 3. The Morgan fingerprint density at radius 2 is 1.77 bits per heavy atom. The summed E-state index contributed by atoms with van der Waals surface area (Å²) in [7, 11) is 0.